The number of amides is 1. The fraction of sp³-hybridized carbons (Fsp3) is 0.545. The Morgan fingerprint density at radius 3 is 2.73 bits per heavy atom. The first kappa shape index (κ1) is 12.2. The topological polar surface area (TPSA) is 55.1 Å². The minimum absolute atomic E-state index is 0.0354. The third-order valence-corrected chi connectivity index (χ3v) is 3.46. The van der Waals surface area contributed by atoms with Crippen LogP contribution in [0.15, 0.2) is 6.07 Å². The van der Waals surface area contributed by atoms with Crippen LogP contribution in [0.1, 0.15) is 33.0 Å². The molecule has 1 heterocycles. The molecule has 15 heavy (non-hydrogen) atoms. The molecule has 0 atom stereocenters. The van der Waals surface area contributed by atoms with E-state index in [1.807, 2.05) is 19.9 Å². The second-order valence-corrected chi connectivity index (χ2v) is 4.86. The maximum absolute atomic E-state index is 11.6. The van der Waals surface area contributed by atoms with E-state index in [1.54, 1.807) is 11.3 Å². The second-order valence-electron chi connectivity index (χ2n) is 3.60. The maximum atomic E-state index is 11.6. The molecular formula is C11H18N2OS. The number of thiophene rings is 1. The first-order valence-corrected chi connectivity index (χ1v) is 6.02. The van der Waals surface area contributed by atoms with E-state index in [9.17, 15) is 4.79 Å². The van der Waals surface area contributed by atoms with Crippen LogP contribution in [0.5, 0.6) is 0 Å². The van der Waals surface area contributed by atoms with Gasteiger partial charge in [0, 0.05) is 11.4 Å². The van der Waals surface area contributed by atoms with Crippen LogP contribution in [0.25, 0.3) is 0 Å². The summed E-state index contributed by atoms with van der Waals surface area (Å²) in [5.41, 5.74) is 6.56. The molecular weight excluding hydrogens is 208 g/mol. The lowest BCUT2D eigenvalue weighted by molar-refractivity contribution is 0.0957. The summed E-state index contributed by atoms with van der Waals surface area (Å²) < 4.78 is 0. The van der Waals surface area contributed by atoms with Gasteiger partial charge in [0.1, 0.15) is 0 Å². The van der Waals surface area contributed by atoms with E-state index in [1.165, 1.54) is 10.4 Å². The lowest BCUT2D eigenvalue weighted by Gasteiger charge is -2.01. The van der Waals surface area contributed by atoms with Crippen LogP contribution in [0.4, 0.5) is 0 Å². The van der Waals surface area contributed by atoms with Gasteiger partial charge in [-0.05, 0) is 44.9 Å². The SMILES string of the molecule is Cc1cc(C(=O)NCCCCN)sc1C. The van der Waals surface area contributed by atoms with Crippen molar-refractivity contribution in [1.29, 1.82) is 0 Å². The van der Waals surface area contributed by atoms with E-state index >= 15 is 0 Å². The predicted octanol–water partition coefficient (Wildman–Crippen LogP) is 1.83. The smallest absolute Gasteiger partial charge is 0.261 e. The summed E-state index contributed by atoms with van der Waals surface area (Å²) in [6.45, 7) is 5.46. The highest BCUT2D eigenvalue weighted by Crippen LogP contribution is 2.20. The average molecular weight is 226 g/mol. The first-order valence-electron chi connectivity index (χ1n) is 5.20. The number of hydrogen-bond acceptors (Lipinski definition) is 3. The molecule has 3 N–H and O–H groups in total. The molecule has 1 amide bonds. The van der Waals surface area contributed by atoms with Gasteiger partial charge in [-0.25, -0.2) is 0 Å². The second kappa shape index (κ2) is 5.88. The van der Waals surface area contributed by atoms with Crippen LogP contribution in [-0.2, 0) is 0 Å². The fourth-order valence-corrected chi connectivity index (χ4v) is 2.19. The van der Waals surface area contributed by atoms with Crippen molar-refractivity contribution in [2.45, 2.75) is 26.7 Å². The number of carbonyl (C=O) groups excluding carboxylic acids is 1. The Morgan fingerprint density at radius 1 is 1.47 bits per heavy atom. The molecule has 0 radical (unpaired) electrons. The molecule has 1 rings (SSSR count). The number of aryl methyl sites for hydroxylation is 2. The monoisotopic (exact) mass is 226 g/mol. The molecule has 1 aromatic rings. The third-order valence-electron chi connectivity index (χ3n) is 2.31. The molecule has 0 fully saturated rings. The maximum Gasteiger partial charge on any atom is 0.261 e. The standard InChI is InChI=1S/C11H18N2OS/c1-8-7-10(15-9(8)2)11(14)13-6-4-3-5-12/h7H,3-6,12H2,1-2H3,(H,13,14). The van der Waals surface area contributed by atoms with E-state index in [2.05, 4.69) is 5.32 Å². The lowest BCUT2D eigenvalue weighted by Crippen LogP contribution is -2.23. The number of rotatable bonds is 5. The lowest BCUT2D eigenvalue weighted by atomic mass is 10.2. The zero-order chi connectivity index (χ0) is 11.3. The molecule has 0 spiro atoms. The van der Waals surface area contributed by atoms with Gasteiger partial charge < -0.3 is 11.1 Å². The van der Waals surface area contributed by atoms with Gasteiger partial charge in [-0.2, -0.15) is 0 Å². The number of unbranched alkanes of at least 4 members (excludes halogenated alkanes) is 1. The average Bonchev–Trinajstić information content (AvgIpc) is 2.54. The van der Waals surface area contributed by atoms with Crippen LogP contribution in [0.2, 0.25) is 0 Å². The normalized spacial score (nSPS) is 10.3. The molecule has 0 aliphatic heterocycles. The summed E-state index contributed by atoms with van der Waals surface area (Å²) >= 11 is 1.55. The van der Waals surface area contributed by atoms with Crippen molar-refractivity contribution in [2.75, 3.05) is 13.1 Å². The molecule has 0 saturated carbocycles. The van der Waals surface area contributed by atoms with Gasteiger partial charge in [-0.15, -0.1) is 11.3 Å². The highest BCUT2D eigenvalue weighted by molar-refractivity contribution is 7.14. The van der Waals surface area contributed by atoms with E-state index in [-0.39, 0.29) is 5.91 Å². The van der Waals surface area contributed by atoms with Gasteiger partial charge in [0.05, 0.1) is 4.88 Å². The van der Waals surface area contributed by atoms with E-state index < -0.39 is 0 Å². The Morgan fingerprint density at radius 2 is 2.20 bits per heavy atom. The Balaban J connectivity index is 2.40. The van der Waals surface area contributed by atoms with E-state index in [0.29, 0.717) is 13.1 Å². The summed E-state index contributed by atoms with van der Waals surface area (Å²) in [6, 6.07) is 1.94. The van der Waals surface area contributed by atoms with Crippen LogP contribution in [-0.4, -0.2) is 19.0 Å². The van der Waals surface area contributed by atoms with Gasteiger partial charge in [0.2, 0.25) is 0 Å². The number of nitrogens with one attached hydrogen (secondary N) is 1. The number of hydrogen-bond donors (Lipinski definition) is 2. The Kier molecular flexibility index (Phi) is 4.78. The van der Waals surface area contributed by atoms with Gasteiger partial charge in [-0.3, -0.25) is 4.79 Å². The number of nitrogens with two attached hydrogens (primary N) is 1. The molecule has 0 aliphatic rings. The molecule has 1 aromatic heterocycles. The quantitative estimate of drug-likeness (QED) is 0.753. The van der Waals surface area contributed by atoms with Crippen molar-refractivity contribution in [3.05, 3.63) is 21.4 Å². The van der Waals surface area contributed by atoms with Crippen molar-refractivity contribution in [3.8, 4) is 0 Å². The Bertz CT molecular complexity index is 314. The summed E-state index contributed by atoms with van der Waals surface area (Å²) in [5, 5.41) is 2.89. The van der Waals surface area contributed by atoms with Crippen LogP contribution in [0.3, 0.4) is 0 Å². The molecule has 0 bridgehead atoms. The van der Waals surface area contributed by atoms with Crippen molar-refractivity contribution < 1.29 is 4.79 Å². The summed E-state index contributed by atoms with van der Waals surface area (Å²) in [6.07, 6.45) is 1.91. The fourth-order valence-electron chi connectivity index (χ4n) is 1.24. The molecule has 0 aliphatic carbocycles. The van der Waals surface area contributed by atoms with Gasteiger partial charge in [-0.1, -0.05) is 0 Å². The Labute approximate surface area is 94.7 Å². The minimum atomic E-state index is 0.0354. The third kappa shape index (κ3) is 3.64. The summed E-state index contributed by atoms with van der Waals surface area (Å²) in [7, 11) is 0. The van der Waals surface area contributed by atoms with Gasteiger partial charge in [0.25, 0.3) is 5.91 Å². The molecule has 3 nitrogen and oxygen atoms in total. The summed E-state index contributed by atoms with van der Waals surface area (Å²) in [4.78, 5) is 13.7. The van der Waals surface area contributed by atoms with Crippen LogP contribution >= 0.6 is 11.3 Å². The van der Waals surface area contributed by atoms with Gasteiger partial charge >= 0.3 is 0 Å². The van der Waals surface area contributed by atoms with Crippen LogP contribution in [0, 0.1) is 13.8 Å². The molecule has 0 unspecified atom stereocenters. The molecule has 0 saturated heterocycles. The van der Waals surface area contributed by atoms with E-state index in [4.69, 9.17) is 5.73 Å². The predicted molar refractivity (Wildman–Crippen MR) is 64.4 cm³/mol. The molecule has 4 heteroatoms. The van der Waals surface area contributed by atoms with Gasteiger partial charge in [0.15, 0.2) is 0 Å². The summed E-state index contributed by atoms with van der Waals surface area (Å²) in [5.74, 6) is 0.0354. The van der Waals surface area contributed by atoms with Crippen LogP contribution < -0.4 is 11.1 Å². The highest BCUT2D eigenvalue weighted by atomic mass is 32.1. The minimum Gasteiger partial charge on any atom is -0.351 e. The molecule has 0 aromatic carbocycles. The van der Waals surface area contributed by atoms with Crippen molar-refractivity contribution >= 4 is 17.2 Å². The zero-order valence-corrected chi connectivity index (χ0v) is 10.1. The van der Waals surface area contributed by atoms with E-state index in [0.717, 1.165) is 17.7 Å². The first-order chi connectivity index (χ1) is 7.15. The van der Waals surface area contributed by atoms with Crippen molar-refractivity contribution in [1.82, 2.24) is 5.32 Å². The van der Waals surface area contributed by atoms with Crippen molar-refractivity contribution in [3.63, 3.8) is 0 Å². The largest absolute Gasteiger partial charge is 0.351 e. The Hall–Kier alpha value is -0.870. The molecule has 84 valence electrons. The zero-order valence-electron chi connectivity index (χ0n) is 9.30. The van der Waals surface area contributed by atoms with Crippen molar-refractivity contribution in [2.24, 2.45) is 5.73 Å². The highest BCUT2D eigenvalue weighted by Gasteiger charge is 2.09. The number of carbonyl (C=O) groups is 1.